The minimum Gasteiger partial charge on any atom is -0.490 e. The van der Waals surface area contributed by atoms with Gasteiger partial charge in [-0.15, -0.1) is 0 Å². The first-order valence-corrected chi connectivity index (χ1v) is 7.93. The van der Waals surface area contributed by atoms with Gasteiger partial charge in [-0.25, -0.2) is 0 Å². The Morgan fingerprint density at radius 1 is 1.13 bits per heavy atom. The number of hydrogen-bond donors (Lipinski definition) is 1. The highest BCUT2D eigenvalue weighted by Crippen LogP contribution is 2.13. The Kier molecular flexibility index (Phi) is 6.70. The molecule has 0 saturated carbocycles. The van der Waals surface area contributed by atoms with Gasteiger partial charge in [0.05, 0.1) is 0 Å². The van der Waals surface area contributed by atoms with Crippen LogP contribution in [0.25, 0.3) is 0 Å². The maximum atomic E-state index is 12.0. The molecule has 0 atom stereocenters. The molecule has 0 heterocycles. The second kappa shape index (κ2) is 9.01. The highest BCUT2D eigenvalue weighted by atomic mass is 35.5. The Labute approximate surface area is 141 Å². The van der Waals surface area contributed by atoms with Crippen LogP contribution in [0.2, 0.25) is 5.02 Å². The van der Waals surface area contributed by atoms with Crippen molar-refractivity contribution in [1.29, 1.82) is 0 Å². The first-order valence-electron chi connectivity index (χ1n) is 7.55. The minimum atomic E-state index is -0.0728. The molecule has 0 spiro atoms. The van der Waals surface area contributed by atoms with Crippen molar-refractivity contribution in [2.75, 3.05) is 13.2 Å². The van der Waals surface area contributed by atoms with Gasteiger partial charge >= 0.3 is 0 Å². The summed E-state index contributed by atoms with van der Waals surface area (Å²) in [4.78, 5) is 12.0. The van der Waals surface area contributed by atoms with Crippen LogP contribution >= 0.6 is 11.6 Å². The van der Waals surface area contributed by atoms with Crippen LogP contribution in [0.5, 0.6) is 5.75 Å². The van der Waals surface area contributed by atoms with Crippen LogP contribution in [0, 0.1) is 0 Å². The number of benzene rings is 2. The zero-order chi connectivity index (χ0) is 16.5. The average Bonchev–Trinajstić information content (AvgIpc) is 2.58. The van der Waals surface area contributed by atoms with Crippen LogP contribution in [0.15, 0.2) is 61.2 Å². The third-order valence-corrected chi connectivity index (χ3v) is 3.58. The molecule has 0 aliphatic heterocycles. The van der Waals surface area contributed by atoms with Crippen molar-refractivity contribution in [2.24, 2.45) is 0 Å². The summed E-state index contributed by atoms with van der Waals surface area (Å²) in [6.07, 6.45) is 3.47. The highest BCUT2D eigenvalue weighted by molar-refractivity contribution is 6.30. The van der Waals surface area contributed by atoms with Gasteiger partial charge in [-0.3, -0.25) is 4.79 Å². The fraction of sp³-hybridized carbons (Fsp3) is 0.211. The number of carbonyl (C=O) groups is 1. The molecule has 0 aromatic heterocycles. The summed E-state index contributed by atoms with van der Waals surface area (Å²) in [6, 6.07) is 14.9. The third-order valence-electron chi connectivity index (χ3n) is 3.33. The van der Waals surface area contributed by atoms with Gasteiger partial charge in [0, 0.05) is 17.1 Å². The average molecular weight is 330 g/mol. The second-order valence-electron chi connectivity index (χ2n) is 5.11. The molecule has 2 aromatic carbocycles. The molecule has 0 fully saturated rings. The van der Waals surface area contributed by atoms with Crippen LogP contribution in [-0.2, 0) is 6.42 Å². The van der Waals surface area contributed by atoms with Gasteiger partial charge in [0.2, 0.25) is 0 Å². The first kappa shape index (κ1) is 17.1. The maximum Gasteiger partial charge on any atom is 0.251 e. The van der Waals surface area contributed by atoms with E-state index in [1.807, 2.05) is 24.3 Å². The highest BCUT2D eigenvalue weighted by Gasteiger charge is 2.05. The number of hydrogen-bond acceptors (Lipinski definition) is 2. The number of aryl methyl sites for hydroxylation is 1. The van der Waals surface area contributed by atoms with Crippen molar-refractivity contribution >= 4 is 17.5 Å². The predicted molar refractivity (Wildman–Crippen MR) is 94.2 cm³/mol. The van der Waals surface area contributed by atoms with Crippen LogP contribution < -0.4 is 10.1 Å². The van der Waals surface area contributed by atoms with E-state index in [0.29, 0.717) is 18.7 Å². The van der Waals surface area contributed by atoms with Crippen LogP contribution in [0.4, 0.5) is 0 Å². The molecule has 0 aliphatic carbocycles. The lowest BCUT2D eigenvalue weighted by Gasteiger charge is -2.07. The van der Waals surface area contributed by atoms with E-state index in [4.69, 9.17) is 16.3 Å². The fourth-order valence-electron chi connectivity index (χ4n) is 2.11. The largest absolute Gasteiger partial charge is 0.490 e. The van der Waals surface area contributed by atoms with Gasteiger partial charge in [0.1, 0.15) is 12.4 Å². The van der Waals surface area contributed by atoms with E-state index in [1.54, 1.807) is 30.3 Å². The molecule has 1 amide bonds. The molecule has 2 rings (SSSR count). The van der Waals surface area contributed by atoms with E-state index in [9.17, 15) is 4.79 Å². The summed E-state index contributed by atoms with van der Waals surface area (Å²) in [7, 11) is 0. The summed E-state index contributed by atoms with van der Waals surface area (Å²) < 4.78 is 5.39. The zero-order valence-corrected chi connectivity index (χ0v) is 13.7. The molecule has 1 N–H and O–H groups in total. The number of ether oxygens (including phenoxy) is 1. The Balaban J connectivity index is 1.73. The molecule has 0 saturated heterocycles. The lowest BCUT2D eigenvalue weighted by molar-refractivity contribution is 0.0953. The summed E-state index contributed by atoms with van der Waals surface area (Å²) in [5.74, 6) is 0.653. The molecule has 2 aromatic rings. The van der Waals surface area contributed by atoms with Crippen LogP contribution in [0.1, 0.15) is 22.3 Å². The lowest BCUT2D eigenvalue weighted by Crippen LogP contribution is -2.24. The van der Waals surface area contributed by atoms with Gasteiger partial charge in [0.15, 0.2) is 0 Å². The molecule has 120 valence electrons. The summed E-state index contributed by atoms with van der Waals surface area (Å²) >= 11 is 5.85. The fourth-order valence-corrected chi connectivity index (χ4v) is 2.23. The molecular weight excluding hydrogens is 310 g/mol. The quantitative estimate of drug-likeness (QED) is 0.580. The van der Waals surface area contributed by atoms with Crippen LogP contribution in [-0.4, -0.2) is 19.1 Å². The zero-order valence-electron chi connectivity index (χ0n) is 12.9. The van der Waals surface area contributed by atoms with Gasteiger partial charge in [-0.2, -0.15) is 0 Å². The minimum absolute atomic E-state index is 0.0728. The van der Waals surface area contributed by atoms with E-state index in [1.165, 1.54) is 5.56 Å². The van der Waals surface area contributed by atoms with Crippen molar-refractivity contribution in [3.8, 4) is 5.75 Å². The molecule has 0 aliphatic rings. The lowest BCUT2D eigenvalue weighted by atomic mass is 10.1. The van der Waals surface area contributed by atoms with E-state index < -0.39 is 0 Å². The van der Waals surface area contributed by atoms with Crippen molar-refractivity contribution < 1.29 is 9.53 Å². The predicted octanol–water partition coefficient (Wildman–Crippen LogP) is 4.27. The normalized spacial score (nSPS) is 10.1. The van der Waals surface area contributed by atoms with Crippen molar-refractivity contribution in [3.63, 3.8) is 0 Å². The number of nitrogens with one attached hydrogen (secondary N) is 1. The van der Waals surface area contributed by atoms with Gasteiger partial charge < -0.3 is 10.1 Å². The Hall–Kier alpha value is -2.26. The van der Waals surface area contributed by atoms with E-state index >= 15 is 0 Å². The van der Waals surface area contributed by atoms with Crippen molar-refractivity contribution in [2.45, 2.75) is 12.8 Å². The smallest absolute Gasteiger partial charge is 0.251 e. The molecule has 23 heavy (non-hydrogen) atoms. The monoisotopic (exact) mass is 329 g/mol. The standard InChI is InChI=1S/C19H20ClNO2/c1-2-14-23-18-11-7-16(8-12-18)19(22)21-13-3-4-15-5-9-17(20)10-6-15/h2,5-12H,1,3-4,13-14H2,(H,21,22). The third kappa shape index (κ3) is 5.80. The molecule has 0 bridgehead atoms. The summed E-state index contributed by atoms with van der Waals surface area (Å²) in [6.45, 7) is 4.68. The van der Waals surface area contributed by atoms with E-state index in [2.05, 4.69) is 11.9 Å². The van der Waals surface area contributed by atoms with E-state index in [0.717, 1.165) is 23.6 Å². The van der Waals surface area contributed by atoms with Crippen molar-refractivity contribution in [1.82, 2.24) is 5.32 Å². The number of amides is 1. The molecule has 3 nitrogen and oxygen atoms in total. The Morgan fingerprint density at radius 3 is 2.48 bits per heavy atom. The maximum absolute atomic E-state index is 12.0. The van der Waals surface area contributed by atoms with Gasteiger partial charge in [-0.1, -0.05) is 36.4 Å². The van der Waals surface area contributed by atoms with Crippen LogP contribution in [0.3, 0.4) is 0 Å². The summed E-state index contributed by atoms with van der Waals surface area (Å²) in [5.41, 5.74) is 1.84. The summed E-state index contributed by atoms with van der Waals surface area (Å²) in [5, 5.41) is 3.66. The topological polar surface area (TPSA) is 38.3 Å². The van der Waals surface area contributed by atoms with E-state index in [-0.39, 0.29) is 5.91 Å². The van der Waals surface area contributed by atoms with Gasteiger partial charge in [-0.05, 0) is 54.8 Å². The molecule has 0 radical (unpaired) electrons. The van der Waals surface area contributed by atoms with Gasteiger partial charge in [0.25, 0.3) is 5.91 Å². The molecule has 4 heteroatoms. The Morgan fingerprint density at radius 2 is 1.83 bits per heavy atom. The number of halogens is 1. The Bertz CT molecular complexity index is 635. The molecular formula is C19H20ClNO2. The van der Waals surface area contributed by atoms with Crippen molar-refractivity contribution in [3.05, 3.63) is 77.3 Å². The molecule has 0 unspecified atom stereocenters. The number of rotatable bonds is 8. The SMILES string of the molecule is C=CCOc1ccc(C(=O)NCCCc2ccc(Cl)cc2)cc1. The number of carbonyl (C=O) groups excluding carboxylic acids is 1. The second-order valence-corrected chi connectivity index (χ2v) is 5.55. The first-order chi connectivity index (χ1) is 11.2.